The zero-order valence-electron chi connectivity index (χ0n) is 17.1. The van der Waals surface area contributed by atoms with Crippen molar-refractivity contribution in [2.45, 2.75) is 12.7 Å². The lowest BCUT2D eigenvalue weighted by atomic mass is 10.1. The van der Waals surface area contributed by atoms with Crippen molar-refractivity contribution in [1.82, 2.24) is 10.6 Å². The Balaban J connectivity index is 1.58. The van der Waals surface area contributed by atoms with Crippen LogP contribution in [0.2, 0.25) is 5.02 Å². The predicted octanol–water partition coefficient (Wildman–Crippen LogP) is 5.06. The Bertz CT molecular complexity index is 1060. The maximum Gasteiger partial charge on any atom is 0.267 e. The third-order valence-electron chi connectivity index (χ3n) is 4.40. The minimum Gasteiger partial charge on any atom is -0.465 e. The van der Waals surface area contributed by atoms with Gasteiger partial charge in [0.15, 0.2) is 0 Å². The van der Waals surface area contributed by atoms with Gasteiger partial charge >= 0.3 is 0 Å². The molecule has 5 nitrogen and oxygen atoms in total. The van der Waals surface area contributed by atoms with Crippen LogP contribution in [0.5, 0.6) is 0 Å². The van der Waals surface area contributed by atoms with E-state index in [1.807, 2.05) is 43.3 Å². The molecular formula is C24H23ClN2O3S. The molecule has 7 heteroatoms. The van der Waals surface area contributed by atoms with E-state index >= 15 is 0 Å². The summed E-state index contributed by atoms with van der Waals surface area (Å²) in [5, 5.41) is 6.28. The van der Waals surface area contributed by atoms with Crippen LogP contribution in [0.15, 0.2) is 77.0 Å². The van der Waals surface area contributed by atoms with E-state index in [-0.39, 0.29) is 17.5 Å². The van der Waals surface area contributed by atoms with E-state index in [1.54, 1.807) is 36.0 Å². The monoisotopic (exact) mass is 454 g/mol. The van der Waals surface area contributed by atoms with Crippen molar-refractivity contribution in [1.29, 1.82) is 0 Å². The molecule has 1 heterocycles. The highest BCUT2D eigenvalue weighted by Crippen LogP contribution is 2.16. The fourth-order valence-electron chi connectivity index (χ4n) is 2.84. The highest BCUT2D eigenvalue weighted by atomic mass is 35.5. The second-order valence-electron chi connectivity index (χ2n) is 6.78. The number of amides is 2. The molecule has 0 bridgehead atoms. The smallest absolute Gasteiger partial charge is 0.267 e. The highest BCUT2D eigenvalue weighted by molar-refractivity contribution is 7.98. The number of furan rings is 1. The molecule has 0 unspecified atom stereocenters. The molecule has 0 atom stereocenters. The Hall–Kier alpha value is -2.96. The van der Waals surface area contributed by atoms with Crippen LogP contribution in [0, 0.1) is 6.92 Å². The number of thioether (sulfide) groups is 1. The summed E-state index contributed by atoms with van der Waals surface area (Å²) in [4.78, 5) is 25.4. The molecule has 0 radical (unpaired) electrons. The lowest BCUT2D eigenvalue weighted by Crippen LogP contribution is -2.36. The van der Waals surface area contributed by atoms with E-state index in [0.717, 1.165) is 22.6 Å². The largest absolute Gasteiger partial charge is 0.465 e. The minimum atomic E-state index is -0.373. The topological polar surface area (TPSA) is 71.3 Å². The SMILES string of the molecule is Cc1ccccc1C(=O)N/C(=C\c1ccco1)C(=O)NCCSCc1cccc(Cl)c1. The summed E-state index contributed by atoms with van der Waals surface area (Å²) in [5.41, 5.74) is 2.60. The molecule has 3 rings (SSSR count). The third kappa shape index (κ3) is 7.05. The van der Waals surface area contributed by atoms with Crippen molar-refractivity contribution < 1.29 is 14.0 Å². The van der Waals surface area contributed by atoms with Crippen LogP contribution in [-0.2, 0) is 10.5 Å². The molecule has 2 aromatic carbocycles. The molecule has 160 valence electrons. The number of hydrogen-bond donors (Lipinski definition) is 2. The van der Waals surface area contributed by atoms with Gasteiger partial charge in [0.25, 0.3) is 11.8 Å². The Morgan fingerprint density at radius 2 is 1.94 bits per heavy atom. The zero-order valence-corrected chi connectivity index (χ0v) is 18.6. The standard InChI is InChI=1S/C24H23ClN2O3S/c1-17-6-2-3-10-21(17)23(28)27-22(15-20-9-5-12-30-20)24(29)26-11-13-31-16-18-7-4-8-19(25)14-18/h2-10,12,14-15H,11,13,16H2,1H3,(H,26,29)(H,27,28)/b22-15-. The van der Waals surface area contributed by atoms with Gasteiger partial charge in [-0.3, -0.25) is 9.59 Å². The van der Waals surface area contributed by atoms with Gasteiger partial charge in [-0.05, 0) is 48.4 Å². The van der Waals surface area contributed by atoms with E-state index < -0.39 is 0 Å². The van der Waals surface area contributed by atoms with Crippen LogP contribution < -0.4 is 10.6 Å². The van der Waals surface area contributed by atoms with Crippen molar-refractivity contribution in [2.24, 2.45) is 0 Å². The Morgan fingerprint density at radius 3 is 2.68 bits per heavy atom. The molecule has 1 aromatic heterocycles. The van der Waals surface area contributed by atoms with Gasteiger partial charge in [-0.2, -0.15) is 11.8 Å². The molecule has 2 amide bonds. The van der Waals surface area contributed by atoms with Gasteiger partial charge in [-0.1, -0.05) is 41.9 Å². The Kier molecular flexibility index (Phi) is 8.38. The number of halogens is 1. The maximum absolute atomic E-state index is 12.7. The van der Waals surface area contributed by atoms with E-state index in [9.17, 15) is 9.59 Å². The van der Waals surface area contributed by atoms with Gasteiger partial charge in [0.2, 0.25) is 0 Å². The molecule has 0 spiro atoms. The number of carbonyl (C=O) groups excluding carboxylic acids is 2. The number of rotatable bonds is 9. The Labute approximate surface area is 190 Å². The van der Waals surface area contributed by atoms with Crippen LogP contribution in [0.25, 0.3) is 6.08 Å². The lowest BCUT2D eigenvalue weighted by molar-refractivity contribution is -0.117. The van der Waals surface area contributed by atoms with Gasteiger partial charge in [0.1, 0.15) is 11.5 Å². The molecule has 0 aliphatic rings. The molecule has 0 aliphatic heterocycles. The first-order chi connectivity index (χ1) is 15.0. The Morgan fingerprint density at radius 1 is 1.10 bits per heavy atom. The maximum atomic E-state index is 12.7. The lowest BCUT2D eigenvalue weighted by Gasteiger charge is -2.12. The summed E-state index contributed by atoms with van der Waals surface area (Å²) in [5.74, 6) is 1.28. The van der Waals surface area contributed by atoms with Crippen LogP contribution in [0.1, 0.15) is 27.2 Å². The predicted molar refractivity (Wildman–Crippen MR) is 126 cm³/mol. The van der Waals surface area contributed by atoms with Gasteiger partial charge in [0.05, 0.1) is 6.26 Å². The summed E-state index contributed by atoms with van der Waals surface area (Å²) < 4.78 is 5.30. The van der Waals surface area contributed by atoms with E-state index in [4.69, 9.17) is 16.0 Å². The van der Waals surface area contributed by atoms with Crippen molar-refractivity contribution in [3.63, 3.8) is 0 Å². The van der Waals surface area contributed by atoms with Crippen LogP contribution in [0.4, 0.5) is 0 Å². The molecule has 2 N–H and O–H groups in total. The molecule has 0 saturated carbocycles. The average Bonchev–Trinajstić information content (AvgIpc) is 3.26. The first-order valence-corrected chi connectivity index (χ1v) is 11.3. The number of aryl methyl sites for hydroxylation is 1. The quantitative estimate of drug-likeness (QED) is 0.350. The van der Waals surface area contributed by atoms with Crippen molar-refractivity contribution in [3.05, 3.63) is 100 Å². The van der Waals surface area contributed by atoms with Crippen molar-refractivity contribution >= 4 is 41.3 Å². The van der Waals surface area contributed by atoms with Gasteiger partial charge in [-0.15, -0.1) is 0 Å². The summed E-state index contributed by atoms with van der Waals surface area (Å²) in [7, 11) is 0. The molecule has 0 aliphatic carbocycles. The van der Waals surface area contributed by atoms with Crippen molar-refractivity contribution in [2.75, 3.05) is 12.3 Å². The average molecular weight is 455 g/mol. The second kappa shape index (κ2) is 11.4. The third-order valence-corrected chi connectivity index (χ3v) is 5.67. The first kappa shape index (κ1) is 22.7. The number of carbonyl (C=O) groups is 2. The first-order valence-electron chi connectivity index (χ1n) is 9.75. The summed E-state index contributed by atoms with van der Waals surface area (Å²) >= 11 is 7.69. The van der Waals surface area contributed by atoms with E-state index in [2.05, 4.69) is 10.6 Å². The van der Waals surface area contributed by atoms with Gasteiger partial charge in [-0.25, -0.2) is 0 Å². The minimum absolute atomic E-state index is 0.128. The molecule has 0 fully saturated rings. The molecular weight excluding hydrogens is 432 g/mol. The number of nitrogens with one attached hydrogen (secondary N) is 2. The van der Waals surface area contributed by atoms with Crippen LogP contribution in [-0.4, -0.2) is 24.1 Å². The molecule has 0 saturated heterocycles. The number of hydrogen-bond acceptors (Lipinski definition) is 4. The van der Waals surface area contributed by atoms with Crippen LogP contribution >= 0.6 is 23.4 Å². The highest BCUT2D eigenvalue weighted by Gasteiger charge is 2.16. The second-order valence-corrected chi connectivity index (χ2v) is 8.32. The summed E-state index contributed by atoms with van der Waals surface area (Å²) in [6.07, 6.45) is 3.03. The normalized spacial score (nSPS) is 11.2. The summed E-state index contributed by atoms with van der Waals surface area (Å²) in [6, 6.07) is 18.4. The number of benzene rings is 2. The van der Waals surface area contributed by atoms with Crippen LogP contribution in [0.3, 0.4) is 0 Å². The van der Waals surface area contributed by atoms with Crippen molar-refractivity contribution in [3.8, 4) is 0 Å². The zero-order chi connectivity index (χ0) is 22.1. The van der Waals surface area contributed by atoms with Gasteiger partial charge < -0.3 is 15.1 Å². The fraction of sp³-hybridized carbons (Fsp3) is 0.167. The van der Waals surface area contributed by atoms with Gasteiger partial charge in [0, 0.05) is 34.7 Å². The van der Waals surface area contributed by atoms with E-state index in [0.29, 0.717) is 22.9 Å². The van der Waals surface area contributed by atoms with E-state index in [1.165, 1.54) is 12.3 Å². The summed E-state index contributed by atoms with van der Waals surface area (Å²) in [6.45, 7) is 2.31. The molecule has 3 aromatic rings. The fourth-order valence-corrected chi connectivity index (χ4v) is 3.86. The molecule has 31 heavy (non-hydrogen) atoms.